The monoisotopic (exact) mass is 188 g/mol. The number of aliphatic hydroxyl groups is 1. The first kappa shape index (κ1) is 12.4. The van der Waals surface area contributed by atoms with Gasteiger partial charge in [-0.2, -0.15) is 0 Å². The molecule has 3 heteroatoms. The molecule has 3 nitrogen and oxygen atoms in total. The molecule has 0 aromatic heterocycles. The van der Waals surface area contributed by atoms with Gasteiger partial charge < -0.3 is 10.2 Å². The van der Waals surface area contributed by atoms with Crippen LogP contribution in [0.15, 0.2) is 0 Å². The minimum atomic E-state index is -0.903. The van der Waals surface area contributed by atoms with Crippen molar-refractivity contribution in [3.8, 4) is 0 Å². The highest BCUT2D eigenvalue weighted by molar-refractivity contribution is 5.70. The topological polar surface area (TPSA) is 57.5 Å². The molecule has 0 aliphatic rings. The van der Waals surface area contributed by atoms with Gasteiger partial charge in [-0.3, -0.25) is 4.79 Å². The van der Waals surface area contributed by atoms with Crippen molar-refractivity contribution >= 4 is 5.97 Å². The lowest BCUT2D eigenvalue weighted by molar-refractivity contribution is -0.145. The molecule has 2 N–H and O–H groups in total. The van der Waals surface area contributed by atoms with Crippen LogP contribution in [0, 0.1) is 11.3 Å². The van der Waals surface area contributed by atoms with E-state index in [1.54, 1.807) is 0 Å². The van der Waals surface area contributed by atoms with Gasteiger partial charge in [0.25, 0.3) is 0 Å². The molecule has 0 aromatic carbocycles. The minimum absolute atomic E-state index is 0.128. The molecular weight excluding hydrogens is 168 g/mol. The number of carbonyl (C=O) groups is 1. The van der Waals surface area contributed by atoms with Crippen LogP contribution < -0.4 is 0 Å². The number of aliphatic hydroxyl groups excluding tert-OH is 1. The van der Waals surface area contributed by atoms with Crippen LogP contribution >= 0.6 is 0 Å². The lowest BCUT2D eigenvalue weighted by Crippen LogP contribution is -2.26. The zero-order valence-corrected chi connectivity index (χ0v) is 8.87. The fraction of sp³-hybridized carbons (Fsp3) is 0.900. The maximum absolute atomic E-state index is 10.7. The molecule has 2 atom stereocenters. The summed E-state index contributed by atoms with van der Waals surface area (Å²) in [5.74, 6) is -1.53. The van der Waals surface area contributed by atoms with Crippen LogP contribution in [0.3, 0.4) is 0 Å². The Balaban J connectivity index is 4.06. The van der Waals surface area contributed by atoms with Gasteiger partial charge in [-0.15, -0.1) is 0 Å². The van der Waals surface area contributed by atoms with Gasteiger partial charge in [0.2, 0.25) is 0 Å². The molecule has 0 heterocycles. The quantitative estimate of drug-likeness (QED) is 0.708. The Morgan fingerprint density at radius 3 is 2.08 bits per heavy atom. The number of hydrogen-bond donors (Lipinski definition) is 2. The van der Waals surface area contributed by atoms with Crippen molar-refractivity contribution in [2.75, 3.05) is 0 Å². The summed E-state index contributed by atoms with van der Waals surface area (Å²) in [7, 11) is 0. The second-order valence-corrected chi connectivity index (χ2v) is 4.78. The molecule has 0 aliphatic heterocycles. The predicted molar refractivity (Wildman–Crippen MR) is 51.5 cm³/mol. The van der Waals surface area contributed by atoms with E-state index in [1.807, 2.05) is 0 Å². The van der Waals surface area contributed by atoms with E-state index in [0.29, 0.717) is 6.42 Å². The molecule has 0 radical (unpaired) electrons. The number of carboxylic acids is 1. The second kappa shape index (κ2) is 4.61. The van der Waals surface area contributed by atoms with Gasteiger partial charge >= 0.3 is 5.97 Å². The van der Waals surface area contributed by atoms with Gasteiger partial charge in [0.1, 0.15) is 0 Å². The van der Waals surface area contributed by atoms with Crippen LogP contribution in [0.2, 0.25) is 0 Å². The molecule has 78 valence electrons. The highest BCUT2D eigenvalue weighted by Crippen LogP contribution is 2.25. The Hall–Kier alpha value is -0.570. The normalized spacial score (nSPS) is 16.7. The maximum Gasteiger partial charge on any atom is 0.309 e. The summed E-state index contributed by atoms with van der Waals surface area (Å²) >= 11 is 0. The standard InChI is InChI=1S/C10H20O3/c1-7(11)8(9(12)13)5-6-10(2,3)4/h7-8,11H,5-6H2,1-4H3,(H,12,13)/t7-,8?/m0/s1. The maximum atomic E-state index is 10.7. The Labute approximate surface area is 79.8 Å². The van der Waals surface area contributed by atoms with Crippen LogP contribution in [0.4, 0.5) is 0 Å². The highest BCUT2D eigenvalue weighted by Gasteiger charge is 2.24. The average Bonchev–Trinajstić information content (AvgIpc) is 1.82. The van der Waals surface area contributed by atoms with E-state index in [9.17, 15) is 9.90 Å². The summed E-state index contributed by atoms with van der Waals surface area (Å²) in [5, 5.41) is 18.0. The molecule has 0 rings (SSSR count). The van der Waals surface area contributed by atoms with Crippen LogP contribution in [0.5, 0.6) is 0 Å². The summed E-state index contributed by atoms with van der Waals surface area (Å²) in [6.07, 6.45) is 0.589. The van der Waals surface area contributed by atoms with E-state index in [4.69, 9.17) is 5.11 Å². The Kier molecular flexibility index (Phi) is 4.40. The third-order valence-electron chi connectivity index (χ3n) is 2.10. The third kappa shape index (κ3) is 5.64. The van der Waals surface area contributed by atoms with Crippen molar-refractivity contribution in [1.29, 1.82) is 0 Å². The number of rotatable bonds is 4. The molecule has 0 saturated heterocycles. The van der Waals surface area contributed by atoms with Gasteiger partial charge in [0.05, 0.1) is 12.0 Å². The molecule has 0 bridgehead atoms. The first-order chi connectivity index (χ1) is 5.74. The first-order valence-electron chi connectivity index (χ1n) is 4.65. The summed E-state index contributed by atoms with van der Waals surface area (Å²) in [5.41, 5.74) is 0.128. The van der Waals surface area contributed by atoms with Gasteiger partial charge in [-0.25, -0.2) is 0 Å². The number of aliphatic carboxylic acids is 1. The Morgan fingerprint density at radius 2 is 1.85 bits per heavy atom. The van der Waals surface area contributed by atoms with Gasteiger partial charge in [0, 0.05) is 0 Å². The van der Waals surface area contributed by atoms with Crippen LogP contribution in [0.25, 0.3) is 0 Å². The zero-order chi connectivity index (χ0) is 10.6. The highest BCUT2D eigenvalue weighted by atomic mass is 16.4. The molecule has 0 amide bonds. The fourth-order valence-corrected chi connectivity index (χ4v) is 1.16. The molecule has 1 unspecified atom stereocenters. The van der Waals surface area contributed by atoms with E-state index >= 15 is 0 Å². The van der Waals surface area contributed by atoms with Crippen molar-refractivity contribution in [2.24, 2.45) is 11.3 Å². The largest absolute Gasteiger partial charge is 0.481 e. The van der Waals surface area contributed by atoms with Crippen molar-refractivity contribution in [2.45, 2.75) is 46.6 Å². The first-order valence-corrected chi connectivity index (χ1v) is 4.65. The summed E-state index contributed by atoms with van der Waals surface area (Å²) < 4.78 is 0. The second-order valence-electron chi connectivity index (χ2n) is 4.78. The molecule has 0 aromatic rings. The van der Waals surface area contributed by atoms with Crippen molar-refractivity contribution in [3.63, 3.8) is 0 Å². The van der Waals surface area contributed by atoms with Gasteiger partial charge in [-0.1, -0.05) is 20.8 Å². The average molecular weight is 188 g/mol. The van der Waals surface area contributed by atoms with Gasteiger partial charge in [-0.05, 0) is 25.2 Å². The van der Waals surface area contributed by atoms with Crippen molar-refractivity contribution in [1.82, 2.24) is 0 Å². The smallest absolute Gasteiger partial charge is 0.309 e. The summed E-state index contributed by atoms with van der Waals surface area (Å²) in [6, 6.07) is 0. The number of hydrogen-bond acceptors (Lipinski definition) is 2. The van der Waals surface area contributed by atoms with E-state index in [1.165, 1.54) is 6.92 Å². The van der Waals surface area contributed by atoms with E-state index in [-0.39, 0.29) is 5.41 Å². The molecule has 0 saturated carbocycles. The Morgan fingerprint density at radius 1 is 1.38 bits per heavy atom. The SMILES string of the molecule is C[C@H](O)C(CCC(C)(C)C)C(=O)O. The third-order valence-corrected chi connectivity index (χ3v) is 2.10. The van der Waals surface area contributed by atoms with E-state index < -0.39 is 18.0 Å². The lowest BCUT2D eigenvalue weighted by atomic mass is 9.85. The van der Waals surface area contributed by atoms with Gasteiger partial charge in [0.15, 0.2) is 0 Å². The molecular formula is C10H20O3. The molecule has 13 heavy (non-hydrogen) atoms. The fourth-order valence-electron chi connectivity index (χ4n) is 1.16. The zero-order valence-electron chi connectivity index (χ0n) is 8.87. The molecule has 0 aliphatic carbocycles. The predicted octanol–water partition coefficient (Wildman–Crippen LogP) is 1.89. The lowest BCUT2D eigenvalue weighted by Gasteiger charge is -2.22. The minimum Gasteiger partial charge on any atom is -0.481 e. The number of carboxylic acid groups (broad SMARTS) is 1. The van der Waals surface area contributed by atoms with E-state index in [2.05, 4.69) is 20.8 Å². The van der Waals surface area contributed by atoms with Crippen LogP contribution in [0.1, 0.15) is 40.5 Å². The summed E-state index contributed by atoms with van der Waals surface area (Å²) in [4.78, 5) is 10.7. The summed E-state index contributed by atoms with van der Waals surface area (Å²) in [6.45, 7) is 7.72. The van der Waals surface area contributed by atoms with Crippen molar-refractivity contribution < 1.29 is 15.0 Å². The molecule has 0 spiro atoms. The van der Waals surface area contributed by atoms with Crippen molar-refractivity contribution in [3.05, 3.63) is 0 Å². The Bertz CT molecular complexity index is 167. The molecule has 0 fully saturated rings. The van der Waals surface area contributed by atoms with Crippen LogP contribution in [-0.2, 0) is 4.79 Å². The van der Waals surface area contributed by atoms with E-state index in [0.717, 1.165) is 6.42 Å². The van der Waals surface area contributed by atoms with Crippen LogP contribution in [-0.4, -0.2) is 22.3 Å².